The van der Waals surface area contributed by atoms with Gasteiger partial charge in [0.1, 0.15) is 10.5 Å². The van der Waals surface area contributed by atoms with E-state index in [1.807, 2.05) is 0 Å². The van der Waals surface area contributed by atoms with Crippen molar-refractivity contribution in [3.63, 3.8) is 0 Å². The van der Waals surface area contributed by atoms with E-state index in [0.29, 0.717) is 6.42 Å². The lowest BCUT2D eigenvalue weighted by Crippen LogP contribution is -2.41. The molecule has 83 valence electrons. The van der Waals surface area contributed by atoms with Gasteiger partial charge in [-0.3, -0.25) is 9.11 Å². The third kappa shape index (κ3) is 2.66. The summed E-state index contributed by atoms with van der Waals surface area (Å²) in [5.74, 6) is 0. The fourth-order valence-electron chi connectivity index (χ4n) is 1.56. The first-order valence-electron chi connectivity index (χ1n) is 3.97. The van der Waals surface area contributed by atoms with Crippen LogP contribution in [0.5, 0.6) is 0 Å². The molecule has 0 aromatic rings. The Balaban J connectivity index is 3.03. The molecule has 0 aliphatic heterocycles. The van der Waals surface area contributed by atoms with Gasteiger partial charge >= 0.3 is 0 Å². The predicted octanol–water partition coefficient (Wildman–Crippen LogP) is -0.113. The number of hydrogen-bond acceptors (Lipinski definition) is 4. The zero-order valence-electron chi connectivity index (χ0n) is 7.20. The van der Waals surface area contributed by atoms with Crippen LogP contribution in [0.2, 0.25) is 0 Å². The Morgan fingerprint density at radius 3 is 1.86 bits per heavy atom. The maximum absolute atomic E-state index is 10.8. The molecule has 1 saturated carbocycles. The summed E-state index contributed by atoms with van der Waals surface area (Å²) in [7, 11) is -8.85. The van der Waals surface area contributed by atoms with Gasteiger partial charge in [0.25, 0.3) is 20.2 Å². The van der Waals surface area contributed by atoms with Crippen molar-refractivity contribution in [2.24, 2.45) is 0 Å². The van der Waals surface area contributed by atoms with Crippen LogP contribution in [0.3, 0.4) is 0 Å². The second kappa shape index (κ2) is 3.76. The van der Waals surface area contributed by atoms with E-state index in [4.69, 9.17) is 9.11 Å². The van der Waals surface area contributed by atoms with E-state index in [9.17, 15) is 16.8 Å². The summed E-state index contributed by atoms with van der Waals surface area (Å²) in [5, 5.41) is -2.85. The van der Waals surface area contributed by atoms with E-state index >= 15 is 0 Å². The van der Waals surface area contributed by atoms with E-state index in [-0.39, 0.29) is 12.8 Å². The Hall–Kier alpha value is -0.180. The summed E-state index contributed by atoms with van der Waals surface area (Å²) in [6.07, 6.45) is 1.96. The summed E-state index contributed by atoms with van der Waals surface area (Å²) in [5.41, 5.74) is 0. The molecule has 6 nitrogen and oxygen atoms in total. The summed E-state index contributed by atoms with van der Waals surface area (Å²) in [6, 6.07) is 0. The molecular weight excluding hydrogens is 232 g/mol. The lowest BCUT2D eigenvalue weighted by molar-refractivity contribution is 0.418. The van der Waals surface area contributed by atoms with Crippen LogP contribution < -0.4 is 0 Å². The molecule has 14 heavy (non-hydrogen) atoms. The van der Waals surface area contributed by atoms with E-state index in [0.717, 1.165) is 0 Å². The van der Waals surface area contributed by atoms with Crippen molar-refractivity contribution >= 4 is 20.2 Å². The largest absolute Gasteiger partial charge is 0.285 e. The maximum Gasteiger partial charge on any atom is 0.269 e. The molecule has 1 rings (SSSR count). The van der Waals surface area contributed by atoms with Crippen molar-refractivity contribution in [2.45, 2.75) is 29.8 Å². The van der Waals surface area contributed by atoms with Gasteiger partial charge in [0.2, 0.25) is 0 Å². The zero-order chi connectivity index (χ0) is 11.0. The predicted molar refractivity (Wildman–Crippen MR) is 48.8 cm³/mol. The fraction of sp³-hybridized carbons (Fsp3) is 0.833. The minimum absolute atomic E-state index is 0.0172. The lowest BCUT2D eigenvalue weighted by atomic mass is 10.00. The molecule has 0 saturated heterocycles. The molecule has 1 aliphatic carbocycles. The third-order valence-electron chi connectivity index (χ3n) is 2.23. The smallest absolute Gasteiger partial charge is 0.269 e. The Morgan fingerprint density at radius 2 is 1.50 bits per heavy atom. The van der Waals surface area contributed by atoms with Gasteiger partial charge in [-0.05, 0) is 25.7 Å². The fourth-order valence-corrected chi connectivity index (χ4v) is 4.23. The molecule has 0 amide bonds. The molecular formula is C6H11O6S2. The van der Waals surface area contributed by atoms with Crippen molar-refractivity contribution in [1.82, 2.24) is 0 Å². The second-order valence-electron chi connectivity index (χ2n) is 3.21. The molecule has 0 aromatic heterocycles. The normalized spacial score (nSPS) is 30.1. The second-order valence-corrected chi connectivity index (χ2v) is 6.48. The molecule has 1 aliphatic rings. The summed E-state index contributed by atoms with van der Waals surface area (Å²) in [6.45, 7) is 0. The van der Waals surface area contributed by atoms with E-state index < -0.39 is 30.7 Å². The minimum atomic E-state index is -4.43. The monoisotopic (exact) mass is 243 g/mol. The summed E-state index contributed by atoms with van der Waals surface area (Å²) in [4.78, 5) is 0. The van der Waals surface area contributed by atoms with Crippen LogP contribution in [0.1, 0.15) is 19.3 Å². The van der Waals surface area contributed by atoms with Crippen LogP contribution in [0, 0.1) is 6.42 Å². The molecule has 2 atom stereocenters. The van der Waals surface area contributed by atoms with Crippen molar-refractivity contribution in [3.05, 3.63) is 6.42 Å². The van der Waals surface area contributed by atoms with Gasteiger partial charge in [-0.15, -0.1) is 0 Å². The number of rotatable bonds is 2. The van der Waals surface area contributed by atoms with Crippen molar-refractivity contribution in [3.8, 4) is 0 Å². The van der Waals surface area contributed by atoms with Crippen molar-refractivity contribution < 1.29 is 25.9 Å². The molecule has 1 fully saturated rings. The van der Waals surface area contributed by atoms with Gasteiger partial charge in [0.05, 0.1) is 0 Å². The molecule has 1 radical (unpaired) electrons. The van der Waals surface area contributed by atoms with E-state index in [2.05, 4.69) is 0 Å². The molecule has 0 bridgehead atoms. The number of hydrogen-bond donors (Lipinski definition) is 2. The molecule has 0 heterocycles. The van der Waals surface area contributed by atoms with Crippen LogP contribution in [0.15, 0.2) is 0 Å². The first kappa shape index (κ1) is 11.9. The molecule has 2 N–H and O–H groups in total. The summed E-state index contributed by atoms with van der Waals surface area (Å²) < 4.78 is 60.7. The highest BCUT2D eigenvalue weighted by molar-refractivity contribution is 7.90. The zero-order valence-corrected chi connectivity index (χ0v) is 8.83. The molecule has 0 aromatic carbocycles. The highest BCUT2D eigenvalue weighted by Gasteiger charge is 2.41. The third-order valence-corrected chi connectivity index (χ3v) is 5.02. The Kier molecular flexibility index (Phi) is 3.20. The van der Waals surface area contributed by atoms with Gasteiger partial charge in [-0.1, -0.05) is 0 Å². The standard InChI is InChI=1S/C6H11O6S2/c7-13(8,9)5-3-1-2-4-6(5)14(10,11)12/h1,5-6H,2-4H2,(H,7,8,9)(H,10,11,12). The Labute approximate surface area is 82.8 Å². The highest BCUT2D eigenvalue weighted by atomic mass is 32.2. The van der Waals surface area contributed by atoms with Crippen LogP contribution in [-0.2, 0) is 20.2 Å². The van der Waals surface area contributed by atoms with Crippen LogP contribution in [-0.4, -0.2) is 36.4 Å². The van der Waals surface area contributed by atoms with Gasteiger partial charge in [-0.2, -0.15) is 16.8 Å². The minimum Gasteiger partial charge on any atom is -0.285 e. The molecule has 8 heteroatoms. The Bertz CT molecular complexity index is 354. The quantitative estimate of drug-likeness (QED) is 0.655. The average Bonchev–Trinajstić information content (AvgIpc) is 2.01. The van der Waals surface area contributed by atoms with E-state index in [1.165, 1.54) is 0 Å². The lowest BCUT2D eigenvalue weighted by Gasteiger charge is -2.26. The average molecular weight is 243 g/mol. The van der Waals surface area contributed by atoms with Crippen LogP contribution in [0.25, 0.3) is 0 Å². The van der Waals surface area contributed by atoms with E-state index in [1.54, 1.807) is 6.42 Å². The highest BCUT2D eigenvalue weighted by Crippen LogP contribution is 2.27. The topological polar surface area (TPSA) is 109 Å². The van der Waals surface area contributed by atoms with Gasteiger partial charge in [-0.25, -0.2) is 0 Å². The van der Waals surface area contributed by atoms with Crippen LogP contribution >= 0.6 is 0 Å². The van der Waals surface area contributed by atoms with Crippen molar-refractivity contribution in [1.29, 1.82) is 0 Å². The van der Waals surface area contributed by atoms with Gasteiger partial charge in [0.15, 0.2) is 0 Å². The van der Waals surface area contributed by atoms with Gasteiger partial charge in [0, 0.05) is 0 Å². The van der Waals surface area contributed by atoms with Crippen LogP contribution in [0.4, 0.5) is 0 Å². The summed E-state index contributed by atoms with van der Waals surface area (Å²) >= 11 is 0. The molecule has 2 unspecified atom stereocenters. The van der Waals surface area contributed by atoms with Crippen molar-refractivity contribution in [2.75, 3.05) is 0 Å². The SMILES string of the molecule is O=S(=O)(O)C1C[CH]CCC1S(=O)(=O)O. The maximum atomic E-state index is 10.8. The first-order chi connectivity index (χ1) is 6.23. The van der Waals surface area contributed by atoms with Gasteiger partial charge < -0.3 is 0 Å². The first-order valence-corrected chi connectivity index (χ1v) is 6.98. The molecule has 0 spiro atoms. The Morgan fingerprint density at radius 1 is 1.00 bits per heavy atom.